The molecule has 0 N–H and O–H groups in total. The van der Waals surface area contributed by atoms with E-state index in [2.05, 4.69) is 30.1 Å². The van der Waals surface area contributed by atoms with Gasteiger partial charge in [-0.1, -0.05) is 34.0 Å². The molecule has 0 spiro atoms. The Morgan fingerprint density at radius 2 is 1.03 bits per heavy atom. The molecular formula is C16H8Cl6N6O6. The van der Waals surface area contributed by atoms with E-state index in [-0.39, 0.29) is 0 Å². The number of nitrogens with zero attached hydrogens (tertiary/aromatic N) is 6. The molecule has 0 atom stereocenters. The van der Waals surface area contributed by atoms with Gasteiger partial charge in [-0.3, -0.25) is 9.68 Å². The topological polar surface area (TPSA) is 132 Å². The number of hydrogen-bond acceptors (Lipinski definition) is 10. The molecule has 4 rings (SSSR count). The van der Waals surface area contributed by atoms with Gasteiger partial charge in [-0.2, -0.15) is 4.79 Å². The van der Waals surface area contributed by atoms with Gasteiger partial charge in [0.1, 0.15) is 22.1 Å². The summed E-state index contributed by atoms with van der Waals surface area (Å²) in [4.78, 5) is 34.3. The van der Waals surface area contributed by atoms with Gasteiger partial charge in [0, 0.05) is 0 Å². The molecule has 0 unspecified atom stereocenters. The summed E-state index contributed by atoms with van der Waals surface area (Å²) < 4.78 is 3.50. The third-order valence-electron chi connectivity index (χ3n) is 3.36. The Morgan fingerprint density at radius 1 is 0.647 bits per heavy atom. The van der Waals surface area contributed by atoms with Crippen molar-refractivity contribution >= 4 is 104 Å². The van der Waals surface area contributed by atoms with E-state index in [0.717, 1.165) is 9.69 Å². The molecule has 0 amide bonds. The monoisotopic (exact) mass is 590 g/mol. The Labute approximate surface area is 218 Å². The minimum atomic E-state index is -2.24. The zero-order valence-corrected chi connectivity index (χ0v) is 20.6. The van der Waals surface area contributed by atoms with E-state index in [1.807, 2.05) is 0 Å². The summed E-state index contributed by atoms with van der Waals surface area (Å²) in [7, 11) is 0. The van der Waals surface area contributed by atoms with Crippen LogP contribution in [0.2, 0.25) is 0 Å². The summed E-state index contributed by atoms with van der Waals surface area (Å²) in [5.74, 6) is 0. The lowest BCUT2D eigenvalue weighted by atomic mass is 10.3. The van der Waals surface area contributed by atoms with Crippen molar-refractivity contribution in [1.29, 1.82) is 0 Å². The molecular weight excluding hydrogens is 585 g/mol. The van der Waals surface area contributed by atoms with Crippen LogP contribution in [-0.4, -0.2) is 50.6 Å². The highest BCUT2D eigenvalue weighted by molar-refractivity contribution is 6.67. The van der Waals surface area contributed by atoms with Gasteiger partial charge in [0.25, 0.3) is 0 Å². The normalized spacial score (nSPS) is 11.5. The maximum absolute atomic E-state index is 11.8. The summed E-state index contributed by atoms with van der Waals surface area (Å²) in [6, 6.07) is 14.1. The molecule has 0 saturated carbocycles. The van der Waals surface area contributed by atoms with Crippen molar-refractivity contribution in [2.45, 2.75) is 7.96 Å². The molecule has 4 aromatic rings. The Morgan fingerprint density at radius 3 is 1.41 bits per heavy atom. The highest BCUT2D eigenvalue weighted by atomic mass is 35.6. The van der Waals surface area contributed by atoms with Crippen LogP contribution >= 0.6 is 69.6 Å². The van der Waals surface area contributed by atoms with E-state index in [0.29, 0.717) is 22.1 Å². The molecule has 34 heavy (non-hydrogen) atoms. The molecule has 0 aliphatic rings. The predicted molar refractivity (Wildman–Crippen MR) is 122 cm³/mol. The number of fused-ring (bicyclic) bond motifs is 2. The summed E-state index contributed by atoms with van der Waals surface area (Å²) in [6.07, 6.45) is -2.42. The van der Waals surface area contributed by atoms with Crippen molar-refractivity contribution in [1.82, 2.24) is 30.3 Å². The van der Waals surface area contributed by atoms with Crippen molar-refractivity contribution in [2.24, 2.45) is 0 Å². The fraction of sp³-hybridized carbons (Fsp3) is 0.125. The van der Waals surface area contributed by atoms with Crippen LogP contribution < -0.4 is 9.68 Å². The van der Waals surface area contributed by atoms with Crippen LogP contribution in [0, 0.1) is 0 Å². The predicted octanol–water partition coefficient (Wildman–Crippen LogP) is 4.65. The lowest BCUT2D eigenvalue weighted by molar-refractivity contribution is 0.0261. The van der Waals surface area contributed by atoms with Crippen molar-refractivity contribution < 1.29 is 28.7 Å². The van der Waals surface area contributed by atoms with Gasteiger partial charge >= 0.3 is 20.3 Å². The first-order chi connectivity index (χ1) is 15.9. The SMILES string of the molecule is O=C(OC(Cl)(Cl)Cl)OC(Cl)(Cl)Cl.O=C(On1nnc2ccccc21)On1nnc2ccccc21. The van der Waals surface area contributed by atoms with Crippen molar-refractivity contribution in [3.63, 3.8) is 0 Å². The van der Waals surface area contributed by atoms with Crippen LogP contribution in [0.4, 0.5) is 9.59 Å². The molecule has 2 heterocycles. The number of benzene rings is 2. The van der Waals surface area contributed by atoms with Crippen LogP contribution in [0.1, 0.15) is 0 Å². The Bertz CT molecular complexity index is 1210. The lowest BCUT2D eigenvalue weighted by Gasteiger charge is -2.15. The van der Waals surface area contributed by atoms with Gasteiger partial charge in [-0.15, -0.1) is 10.2 Å². The second-order valence-electron chi connectivity index (χ2n) is 5.68. The summed E-state index contributed by atoms with van der Waals surface area (Å²) in [5, 5.41) is 15.2. The second-order valence-corrected chi connectivity index (χ2v) is 10.0. The van der Waals surface area contributed by atoms with E-state index in [9.17, 15) is 9.59 Å². The molecule has 0 bridgehead atoms. The Balaban J connectivity index is 0.000000232. The highest BCUT2D eigenvalue weighted by Gasteiger charge is 2.32. The van der Waals surface area contributed by atoms with Crippen molar-refractivity contribution in [3.8, 4) is 0 Å². The largest absolute Gasteiger partial charge is 0.562 e. The zero-order chi connectivity index (χ0) is 24.9. The zero-order valence-electron chi connectivity index (χ0n) is 16.0. The van der Waals surface area contributed by atoms with E-state index >= 15 is 0 Å². The number of carbonyl (C=O) groups excluding carboxylic acids is 2. The molecule has 0 aliphatic carbocycles. The van der Waals surface area contributed by atoms with Crippen LogP contribution in [0.15, 0.2) is 48.5 Å². The van der Waals surface area contributed by atoms with E-state index in [1.54, 1.807) is 48.5 Å². The third kappa shape index (κ3) is 7.79. The fourth-order valence-corrected chi connectivity index (χ4v) is 2.58. The molecule has 0 fully saturated rings. The second kappa shape index (κ2) is 10.8. The van der Waals surface area contributed by atoms with Gasteiger partial charge in [0.15, 0.2) is 0 Å². The third-order valence-corrected chi connectivity index (χ3v) is 3.83. The molecule has 12 nitrogen and oxygen atoms in total. The van der Waals surface area contributed by atoms with Gasteiger partial charge in [-0.05, 0) is 104 Å². The van der Waals surface area contributed by atoms with E-state index in [1.165, 1.54) is 0 Å². The summed E-state index contributed by atoms with van der Waals surface area (Å²) >= 11 is 30.2. The van der Waals surface area contributed by atoms with E-state index in [4.69, 9.17) is 79.3 Å². The number of para-hydroxylation sites is 2. The number of alkyl halides is 6. The average Bonchev–Trinajstić information content (AvgIpc) is 3.30. The minimum absolute atomic E-state index is 0.544. The van der Waals surface area contributed by atoms with Crippen LogP contribution in [-0.2, 0) is 9.47 Å². The first-order valence-electron chi connectivity index (χ1n) is 8.48. The Kier molecular flexibility index (Phi) is 8.34. The van der Waals surface area contributed by atoms with Gasteiger partial charge < -0.3 is 9.47 Å². The molecule has 0 radical (unpaired) electrons. The Hall–Kier alpha value is -2.48. The highest BCUT2D eigenvalue weighted by Crippen LogP contribution is 2.32. The smallest absolute Gasteiger partial charge is 0.382 e. The number of ether oxygens (including phenoxy) is 2. The van der Waals surface area contributed by atoms with Crippen LogP contribution in [0.5, 0.6) is 0 Å². The quantitative estimate of drug-likeness (QED) is 0.184. The molecule has 0 aliphatic heterocycles. The molecule has 2 aromatic heterocycles. The average molecular weight is 593 g/mol. The molecule has 180 valence electrons. The summed E-state index contributed by atoms with van der Waals surface area (Å²) in [5.41, 5.74) is 2.29. The van der Waals surface area contributed by atoms with Gasteiger partial charge in [-0.25, -0.2) is 4.79 Å². The van der Waals surface area contributed by atoms with Gasteiger partial charge in [0.2, 0.25) is 0 Å². The minimum Gasteiger partial charge on any atom is -0.382 e. The number of halogens is 6. The first-order valence-corrected chi connectivity index (χ1v) is 10.7. The standard InChI is InChI=1S/C13H8N6O3.C3Cl6O3/c20-13(21-18-11-7-3-1-5-9(11)14-16-18)22-19-12-8-4-2-6-10(12)15-17-19;4-2(5,6)11-1(10)12-3(7,8)9/h1-8H;. The summed E-state index contributed by atoms with van der Waals surface area (Å²) in [6.45, 7) is 0. The maximum atomic E-state index is 11.8. The number of carbonyl (C=O) groups is 2. The number of rotatable bonds is 2. The number of aromatic nitrogens is 6. The number of hydrogen-bond donors (Lipinski definition) is 0. The molecule has 0 saturated heterocycles. The molecule has 2 aromatic carbocycles. The van der Waals surface area contributed by atoms with Crippen LogP contribution in [0.25, 0.3) is 22.1 Å². The molecule has 18 heteroatoms. The fourth-order valence-electron chi connectivity index (χ4n) is 2.20. The lowest BCUT2D eigenvalue weighted by Crippen LogP contribution is -2.30. The van der Waals surface area contributed by atoms with Crippen molar-refractivity contribution in [2.75, 3.05) is 0 Å². The van der Waals surface area contributed by atoms with Crippen molar-refractivity contribution in [3.05, 3.63) is 48.5 Å². The van der Waals surface area contributed by atoms with Crippen LogP contribution in [0.3, 0.4) is 0 Å². The van der Waals surface area contributed by atoms with E-state index < -0.39 is 20.3 Å². The van der Waals surface area contributed by atoms with Gasteiger partial charge in [0.05, 0.1) is 0 Å². The first kappa shape index (κ1) is 26.1. The maximum Gasteiger partial charge on any atom is 0.562 e.